The smallest absolute Gasteiger partial charge is 0.320 e. The number of hydrogen-bond donors (Lipinski definition) is 4. The molecule has 3 aliphatic heterocycles. The molecule has 4 N–H and O–H groups in total. The van der Waals surface area contributed by atoms with Gasteiger partial charge in [-0.05, 0) is 107 Å². The molecule has 2 saturated carbocycles. The summed E-state index contributed by atoms with van der Waals surface area (Å²) in [5.41, 5.74) is 0.874. The minimum absolute atomic E-state index is 0.0206. The molecule has 3 saturated heterocycles. The van der Waals surface area contributed by atoms with Gasteiger partial charge in [0.2, 0.25) is 17.7 Å². The fraction of sp³-hybridized carbons (Fsp3) is 0.561. The predicted octanol–water partition coefficient (Wildman–Crippen LogP) is 6.11. The number of nitrogens with zero attached hydrogens (tertiary/aromatic N) is 3. The van der Waals surface area contributed by atoms with E-state index in [0.29, 0.717) is 61.6 Å². The number of hydrogen-bond acceptors (Lipinski definition) is 7. The molecule has 4 heterocycles. The molecule has 0 radical (unpaired) electrons. The fourth-order valence-corrected chi connectivity index (χ4v) is 12.1. The Labute approximate surface area is 334 Å². The first-order valence-corrected chi connectivity index (χ1v) is 22.5. The maximum Gasteiger partial charge on any atom is 0.320 e. The maximum absolute atomic E-state index is 15.3. The number of aliphatic carboxylic acids is 1. The molecule has 8 rings (SSSR count). The molecule has 306 valence electrons. The van der Waals surface area contributed by atoms with Gasteiger partial charge in [-0.2, -0.15) is 0 Å². The number of amides is 3. The second kappa shape index (κ2) is 15.4. The highest BCUT2D eigenvalue weighted by Crippen LogP contribution is 2.55. The van der Waals surface area contributed by atoms with Crippen molar-refractivity contribution < 1.29 is 42.5 Å². The predicted molar refractivity (Wildman–Crippen MR) is 211 cm³/mol. The molecule has 57 heavy (non-hydrogen) atoms. The van der Waals surface area contributed by atoms with Crippen molar-refractivity contribution in [3.63, 3.8) is 0 Å². The molecular formula is C41H50F2N5O7PS. The number of carboxylic acid groups (broad SMARTS) is 1. The van der Waals surface area contributed by atoms with E-state index in [0.717, 1.165) is 37.5 Å². The van der Waals surface area contributed by atoms with Crippen molar-refractivity contribution in [1.82, 2.24) is 25.1 Å². The lowest BCUT2D eigenvalue weighted by Gasteiger charge is -2.45. The second-order valence-electron chi connectivity index (χ2n) is 16.9. The summed E-state index contributed by atoms with van der Waals surface area (Å²) >= 11 is 1.04. The van der Waals surface area contributed by atoms with Crippen LogP contribution in [0.3, 0.4) is 0 Å². The number of benzene rings is 2. The van der Waals surface area contributed by atoms with Gasteiger partial charge in [-0.1, -0.05) is 42.5 Å². The molecule has 2 aromatic carbocycles. The molecule has 5 fully saturated rings. The Morgan fingerprint density at radius 2 is 1.75 bits per heavy atom. The van der Waals surface area contributed by atoms with Gasteiger partial charge >= 0.3 is 13.5 Å². The third-order valence-corrected chi connectivity index (χ3v) is 16.0. The zero-order chi connectivity index (χ0) is 40.4. The summed E-state index contributed by atoms with van der Waals surface area (Å²) in [6.45, 7) is 1.74. The van der Waals surface area contributed by atoms with E-state index < -0.39 is 49.6 Å². The van der Waals surface area contributed by atoms with Crippen molar-refractivity contribution >= 4 is 52.6 Å². The minimum atomic E-state index is -4.78. The quantitative estimate of drug-likeness (QED) is 0.168. The van der Waals surface area contributed by atoms with E-state index in [1.807, 2.05) is 35.2 Å². The van der Waals surface area contributed by atoms with Crippen molar-refractivity contribution in [2.75, 3.05) is 13.6 Å². The van der Waals surface area contributed by atoms with Gasteiger partial charge in [-0.25, -0.2) is 13.9 Å². The highest BCUT2D eigenvalue weighted by molar-refractivity contribution is 7.56. The number of likely N-dealkylation sites (tertiary alicyclic amines) is 1. The third-order valence-electron chi connectivity index (χ3n) is 13.3. The third kappa shape index (κ3) is 7.78. The summed E-state index contributed by atoms with van der Waals surface area (Å²) in [4.78, 5) is 71.1. The molecule has 5 aliphatic rings. The van der Waals surface area contributed by atoms with Crippen LogP contribution in [0.2, 0.25) is 0 Å². The molecule has 0 bridgehead atoms. The van der Waals surface area contributed by atoms with E-state index in [1.165, 1.54) is 23.8 Å². The van der Waals surface area contributed by atoms with E-state index in [9.17, 15) is 33.0 Å². The van der Waals surface area contributed by atoms with Crippen molar-refractivity contribution in [1.29, 1.82) is 0 Å². The van der Waals surface area contributed by atoms with E-state index >= 15 is 4.39 Å². The first kappa shape index (κ1) is 40.0. The van der Waals surface area contributed by atoms with Gasteiger partial charge in [0.25, 0.3) is 5.91 Å². The number of carboxylic acids is 1. The molecule has 16 heteroatoms. The number of alkyl halides is 2. The lowest BCUT2D eigenvalue weighted by atomic mass is 9.86. The Kier molecular flexibility index (Phi) is 10.9. The van der Waals surface area contributed by atoms with Crippen LogP contribution in [0.5, 0.6) is 0 Å². The van der Waals surface area contributed by atoms with E-state index in [1.54, 1.807) is 11.0 Å². The first-order valence-electron chi connectivity index (χ1n) is 20.0. The van der Waals surface area contributed by atoms with Crippen LogP contribution >= 0.6 is 18.9 Å². The molecule has 12 nitrogen and oxygen atoms in total. The number of thiophene rings is 1. The average Bonchev–Trinajstić information content (AvgIpc) is 3.46. The molecule has 1 aromatic heterocycles. The van der Waals surface area contributed by atoms with E-state index in [-0.39, 0.29) is 51.8 Å². The summed E-state index contributed by atoms with van der Waals surface area (Å²) < 4.78 is 42.5. The Balaban J connectivity index is 1.03. The monoisotopic (exact) mass is 825 g/mol. The summed E-state index contributed by atoms with van der Waals surface area (Å²) in [5.74, 6) is -4.42. The molecule has 3 aromatic rings. The standard InChI is InChI=1S/C41H50F2N5O7PS/c1-23(40(52)53)45-56(54,55)36(43)26-9-8-25-16-35(57-34(25)17-26)37(49)44-32-12-10-29(46(2)31-18-28(42)19-31)20-30-11-13-33(48(30)38(32)50)39(51)47-22-27(21-41(47)14-15-41)24-6-4-3-5-7-24/h3-9,16-17,23,27-33,36H,10-15,18-22H2,1-2H3,(H,44,49)(H,52,53)(H2,45,54,55)/t23-,27+,28?,29-,30+,31?,32-,33-,36-/m0/s1. The molecule has 1 unspecified atom stereocenters. The van der Waals surface area contributed by atoms with Gasteiger partial charge < -0.3 is 30.0 Å². The number of rotatable bonds is 11. The summed E-state index contributed by atoms with van der Waals surface area (Å²) in [5, 5.41) is 14.6. The lowest BCUT2D eigenvalue weighted by molar-refractivity contribution is -0.148. The zero-order valence-corrected chi connectivity index (χ0v) is 33.8. The van der Waals surface area contributed by atoms with Crippen molar-refractivity contribution in [2.24, 2.45) is 0 Å². The zero-order valence-electron chi connectivity index (χ0n) is 32.1. The lowest BCUT2D eigenvalue weighted by Crippen LogP contribution is -2.59. The number of carbonyl (C=O) groups is 4. The Bertz CT molecular complexity index is 2100. The highest BCUT2D eigenvalue weighted by atomic mass is 32.1. The average molecular weight is 826 g/mol. The van der Waals surface area contributed by atoms with Crippen molar-refractivity contribution in [3.8, 4) is 0 Å². The first-order chi connectivity index (χ1) is 27.1. The summed E-state index contributed by atoms with van der Waals surface area (Å²) in [7, 11) is -2.77. The number of fused-ring (bicyclic) bond motifs is 2. The van der Waals surface area contributed by atoms with Crippen LogP contribution in [0, 0.1) is 0 Å². The Morgan fingerprint density at radius 3 is 2.44 bits per heavy atom. The normalized spacial score (nSPS) is 30.3. The van der Waals surface area contributed by atoms with Crippen LogP contribution in [0.1, 0.15) is 104 Å². The van der Waals surface area contributed by atoms with Crippen molar-refractivity contribution in [3.05, 3.63) is 70.6 Å². The molecule has 2 aliphatic carbocycles. The fourth-order valence-electron chi connectivity index (χ4n) is 9.70. The van der Waals surface area contributed by atoms with E-state index in [4.69, 9.17) is 5.11 Å². The molecule has 3 amide bonds. The van der Waals surface area contributed by atoms with Crippen LogP contribution in [-0.4, -0.2) is 110 Å². The highest BCUT2D eigenvalue weighted by Gasteiger charge is 2.58. The largest absolute Gasteiger partial charge is 0.480 e. The number of halogens is 2. The van der Waals surface area contributed by atoms with Crippen LogP contribution in [0.25, 0.3) is 10.1 Å². The maximum atomic E-state index is 15.3. The summed E-state index contributed by atoms with van der Waals surface area (Å²) in [6, 6.07) is 12.9. The SMILES string of the molecule is C[C@H](NP(=O)(O)[C@H](F)c1ccc2cc(C(=O)N[C@H]3CC[C@H](N(C)C4CC(F)C4)C[C@H]4CC[C@@H](C(=O)N5C[C@H](c6ccccc6)CC56CC6)N4C3=O)sc2c1)C(=O)O. The van der Waals surface area contributed by atoms with Crippen LogP contribution < -0.4 is 10.4 Å². The van der Waals surface area contributed by atoms with Gasteiger partial charge in [-0.3, -0.25) is 23.7 Å². The van der Waals surface area contributed by atoms with Gasteiger partial charge in [-0.15, -0.1) is 11.3 Å². The van der Waals surface area contributed by atoms with Crippen molar-refractivity contribution in [2.45, 2.75) is 131 Å². The Hall–Kier alpha value is -3.75. The van der Waals surface area contributed by atoms with Crippen LogP contribution in [-0.2, 0) is 18.9 Å². The Morgan fingerprint density at radius 1 is 1.02 bits per heavy atom. The molecule has 8 atom stereocenters. The molecular weight excluding hydrogens is 776 g/mol. The van der Waals surface area contributed by atoms with Crippen LogP contribution in [0.15, 0.2) is 54.6 Å². The van der Waals surface area contributed by atoms with E-state index in [2.05, 4.69) is 22.3 Å². The van der Waals surface area contributed by atoms with Gasteiger partial charge in [0.15, 0.2) is 0 Å². The minimum Gasteiger partial charge on any atom is -0.480 e. The number of carbonyl (C=O) groups excluding carboxylic acids is 3. The van der Waals surface area contributed by atoms with Gasteiger partial charge in [0.05, 0.1) is 4.88 Å². The van der Waals surface area contributed by atoms with Gasteiger partial charge in [0, 0.05) is 40.8 Å². The summed E-state index contributed by atoms with van der Waals surface area (Å²) in [6.07, 6.45) is 5.67. The molecule has 1 spiro atoms. The van der Waals surface area contributed by atoms with Crippen LogP contribution in [0.4, 0.5) is 8.78 Å². The second-order valence-corrected chi connectivity index (χ2v) is 20.0. The number of nitrogens with one attached hydrogen (secondary N) is 2. The van der Waals surface area contributed by atoms with Gasteiger partial charge in [0.1, 0.15) is 24.3 Å². The topological polar surface area (TPSA) is 160 Å².